The molecule has 0 spiro atoms. The van der Waals surface area contributed by atoms with Crippen molar-refractivity contribution in [3.05, 3.63) is 66.8 Å². The summed E-state index contributed by atoms with van der Waals surface area (Å²) in [4.78, 5) is 32.1. The third-order valence-corrected chi connectivity index (χ3v) is 8.39. The van der Waals surface area contributed by atoms with Crippen LogP contribution < -0.4 is 9.64 Å². The standard InChI is InChI=1S/C33H33F2N7O2/c1-4-27(43)42-16-15-41(18-22(42)11-14-36)31-24-17-26(35)29(23-9-5-7-21-8-6-10-25(34)28(21)23)37-30(24)38-32(39-31)44-20-33(12-13-33)19-40(2)3/h4-10,17,22H,1,11-13,15-16,18-20H2,2-3H3/t22-/m0/s1. The second-order valence-electron chi connectivity index (χ2n) is 11.9. The number of rotatable bonds is 9. The molecule has 9 nitrogen and oxygen atoms in total. The summed E-state index contributed by atoms with van der Waals surface area (Å²) in [6.45, 7) is 5.87. The molecule has 0 radical (unpaired) electrons. The summed E-state index contributed by atoms with van der Waals surface area (Å²) >= 11 is 0. The van der Waals surface area contributed by atoms with Crippen LogP contribution in [-0.2, 0) is 4.79 Å². The molecule has 1 saturated carbocycles. The first kappa shape index (κ1) is 29.4. The van der Waals surface area contributed by atoms with E-state index >= 15 is 8.78 Å². The van der Waals surface area contributed by atoms with E-state index < -0.39 is 17.7 Å². The van der Waals surface area contributed by atoms with E-state index in [-0.39, 0.29) is 40.5 Å². The van der Waals surface area contributed by atoms with Crippen LogP contribution in [0.4, 0.5) is 14.6 Å². The van der Waals surface area contributed by atoms with Crippen LogP contribution in [-0.4, -0.2) is 83.6 Å². The zero-order valence-electron chi connectivity index (χ0n) is 24.8. The van der Waals surface area contributed by atoms with Crippen molar-refractivity contribution in [1.82, 2.24) is 24.8 Å². The number of piperazine rings is 1. The number of anilines is 1. The van der Waals surface area contributed by atoms with Gasteiger partial charge in [0.1, 0.15) is 23.1 Å². The van der Waals surface area contributed by atoms with Gasteiger partial charge in [-0.3, -0.25) is 4.79 Å². The highest BCUT2D eigenvalue weighted by atomic mass is 19.1. The van der Waals surface area contributed by atoms with Crippen LogP contribution in [0.1, 0.15) is 19.3 Å². The first-order valence-electron chi connectivity index (χ1n) is 14.6. The molecule has 1 aliphatic heterocycles. The fourth-order valence-corrected chi connectivity index (χ4v) is 6.13. The summed E-state index contributed by atoms with van der Waals surface area (Å²) < 4.78 is 37.2. The highest BCUT2D eigenvalue weighted by molar-refractivity contribution is 5.98. The third-order valence-electron chi connectivity index (χ3n) is 8.39. The van der Waals surface area contributed by atoms with Gasteiger partial charge in [-0.2, -0.15) is 15.2 Å². The van der Waals surface area contributed by atoms with E-state index in [1.807, 2.05) is 19.0 Å². The van der Waals surface area contributed by atoms with Crippen molar-refractivity contribution in [1.29, 1.82) is 5.26 Å². The molecular formula is C33H33F2N7O2. The second kappa shape index (κ2) is 11.8. The Morgan fingerprint density at radius 2 is 1.93 bits per heavy atom. The van der Waals surface area contributed by atoms with Crippen LogP contribution in [0.3, 0.4) is 0 Å². The van der Waals surface area contributed by atoms with E-state index in [2.05, 4.69) is 27.5 Å². The number of benzene rings is 2. The van der Waals surface area contributed by atoms with Gasteiger partial charge in [0.25, 0.3) is 0 Å². The maximum Gasteiger partial charge on any atom is 0.320 e. The number of amides is 1. The summed E-state index contributed by atoms with van der Waals surface area (Å²) in [5.41, 5.74) is 0.502. The molecule has 11 heteroatoms. The van der Waals surface area contributed by atoms with Crippen LogP contribution in [0.15, 0.2) is 55.1 Å². The number of halogens is 2. The summed E-state index contributed by atoms with van der Waals surface area (Å²) in [7, 11) is 4.05. The average Bonchev–Trinajstić information content (AvgIpc) is 3.77. The largest absolute Gasteiger partial charge is 0.463 e. The van der Waals surface area contributed by atoms with E-state index in [4.69, 9.17) is 9.72 Å². The summed E-state index contributed by atoms with van der Waals surface area (Å²) in [5.74, 6) is -0.975. The van der Waals surface area contributed by atoms with Crippen molar-refractivity contribution in [2.24, 2.45) is 5.41 Å². The van der Waals surface area contributed by atoms with Crippen LogP contribution in [0.25, 0.3) is 33.1 Å². The molecule has 2 aliphatic rings. The quantitative estimate of drug-likeness (QED) is 0.250. The molecule has 0 N–H and O–H groups in total. The maximum absolute atomic E-state index is 16.0. The zero-order chi connectivity index (χ0) is 31.0. The predicted molar refractivity (Wildman–Crippen MR) is 164 cm³/mol. The minimum Gasteiger partial charge on any atom is -0.463 e. The molecule has 0 bridgehead atoms. The lowest BCUT2D eigenvalue weighted by Gasteiger charge is -2.41. The number of nitriles is 1. The molecule has 44 heavy (non-hydrogen) atoms. The highest BCUT2D eigenvalue weighted by Gasteiger charge is 2.44. The number of aromatic nitrogens is 3. The smallest absolute Gasteiger partial charge is 0.320 e. The number of hydrogen-bond acceptors (Lipinski definition) is 8. The average molecular weight is 598 g/mol. The van der Waals surface area contributed by atoms with Gasteiger partial charge in [0.2, 0.25) is 5.91 Å². The molecular weight excluding hydrogens is 564 g/mol. The Morgan fingerprint density at radius 3 is 2.64 bits per heavy atom. The number of ether oxygens (including phenoxy) is 1. The molecule has 6 rings (SSSR count). The number of carbonyl (C=O) groups excluding carboxylic acids is 1. The van der Waals surface area contributed by atoms with Gasteiger partial charge in [-0.05, 0) is 50.5 Å². The van der Waals surface area contributed by atoms with E-state index in [0.29, 0.717) is 48.4 Å². The lowest BCUT2D eigenvalue weighted by molar-refractivity contribution is -0.128. The molecule has 2 aromatic carbocycles. The number of fused-ring (bicyclic) bond motifs is 2. The van der Waals surface area contributed by atoms with Crippen LogP contribution in [0.2, 0.25) is 0 Å². The lowest BCUT2D eigenvalue weighted by Crippen LogP contribution is -2.55. The van der Waals surface area contributed by atoms with Crippen LogP contribution >= 0.6 is 0 Å². The molecule has 2 fully saturated rings. The van der Waals surface area contributed by atoms with Crippen LogP contribution in [0, 0.1) is 28.4 Å². The lowest BCUT2D eigenvalue weighted by atomic mass is 10.0. The van der Waals surface area contributed by atoms with E-state index in [0.717, 1.165) is 19.4 Å². The molecule has 1 atom stereocenters. The number of nitrogens with zero attached hydrogens (tertiary/aromatic N) is 7. The van der Waals surface area contributed by atoms with Crippen molar-refractivity contribution < 1.29 is 18.3 Å². The Hall–Kier alpha value is -4.69. The maximum atomic E-state index is 16.0. The van der Waals surface area contributed by atoms with Crippen molar-refractivity contribution in [3.8, 4) is 23.3 Å². The second-order valence-corrected chi connectivity index (χ2v) is 11.9. The van der Waals surface area contributed by atoms with Gasteiger partial charge in [-0.25, -0.2) is 13.8 Å². The van der Waals surface area contributed by atoms with Crippen molar-refractivity contribution in [2.45, 2.75) is 25.3 Å². The van der Waals surface area contributed by atoms with Crippen molar-refractivity contribution in [2.75, 3.05) is 51.8 Å². The Labute approximate surface area is 254 Å². The minimum absolute atomic E-state index is 0.0123. The van der Waals surface area contributed by atoms with Crippen molar-refractivity contribution >= 4 is 33.5 Å². The Kier molecular flexibility index (Phi) is 7.86. The molecule has 1 amide bonds. The molecule has 3 heterocycles. The fraction of sp³-hybridized carbons (Fsp3) is 0.364. The third kappa shape index (κ3) is 5.65. The van der Waals surface area contributed by atoms with Gasteiger partial charge in [0, 0.05) is 42.5 Å². The van der Waals surface area contributed by atoms with E-state index in [1.165, 1.54) is 18.2 Å². The van der Waals surface area contributed by atoms with Gasteiger partial charge >= 0.3 is 6.01 Å². The van der Waals surface area contributed by atoms with Gasteiger partial charge < -0.3 is 19.4 Å². The Morgan fingerprint density at radius 1 is 1.16 bits per heavy atom. The predicted octanol–water partition coefficient (Wildman–Crippen LogP) is 4.96. The Balaban J connectivity index is 1.45. The number of hydrogen-bond donors (Lipinski definition) is 0. The van der Waals surface area contributed by atoms with Gasteiger partial charge in [-0.15, -0.1) is 0 Å². The summed E-state index contributed by atoms with van der Waals surface area (Å²) in [6.07, 6.45) is 3.41. The first-order valence-corrected chi connectivity index (χ1v) is 14.6. The summed E-state index contributed by atoms with van der Waals surface area (Å²) in [6, 6.07) is 13.0. The van der Waals surface area contributed by atoms with Crippen molar-refractivity contribution in [3.63, 3.8) is 0 Å². The molecule has 4 aromatic rings. The highest BCUT2D eigenvalue weighted by Crippen LogP contribution is 2.46. The number of carbonyl (C=O) groups is 1. The SMILES string of the molecule is C=CC(=O)N1CCN(c2nc(OCC3(CN(C)C)CC3)nc3nc(-c4cccc5cccc(F)c45)c(F)cc23)C[C@@H]1CC#N. The molecule has 2 aromatic heterocycles. The first-order chi connectivity index (χ1) is 21.2. The Bertz CT molecular complexity index is 1800. The zero-order valence-corrected chi connectivity index (χ0v) is 24.8. The molecule has 0 unspecified atom stereocenters. The van der Waals surface area contributed by atoms with Gasteiger partial charge in [-0.1, -0.05) is 36.9 Å². The summed E-state index contributed by atoms with van der Waals surface area (Å²) in [5, 5.41) is 10.7. The normalized spacial score (nSPS) is 17.6. The fourth-order valence-electron chi connectivity index (χ4n) is 6.13. The molecule has 226 valence electrons. The monoisotopic (exact) mass is 597 g/mol. The van der Waals surface area contributed by atoms with Gasteiger partial charge in [0.05, 0.1) is 30.5 Å². The molecule has 1 aliphatic carbocycles. The topological polar surface area (TPSA) is 98.5 Å². The minimum atomic E-state index is -0.649. The number of pyridine rings is 1. The molecule has 1 saturated heterocycles. The van der Waals surface area contributed by atoms with Crippen LogP contribution in [0.5, 0.6) is 6.01 Å². The van der Waals surface area contributed by atoms with Gasteiger partial charge in [0.15, 0.2) is 5.65 Å². The van der Waals surface area contributed by atoms with E-state index in [1.54, 1.807) is 35.2 Å². The van der Waals surface area contributed by atoms with E-state index in [9.17, 15) is 10.1 Å².